The van der Waals surface area contributed by atoms with Crippen LogP contribution in [0.1, 0.15) is 18.6 Å². The number of hydrogen-bond donors (Lipinski definition) is 1. The van der Waals surface area contributed by atoms with Crippen LogP contribution in [0.15, 0.2) is 70.5 Å². The van der Waals surface area contributed by atoms with Crippen LogP contribution in [0.5, 0.6) is 0 Å². The van der Waals surface area contributed by atoms with Gasteiger partial charge in [-0.15, -0.1) is 0 Å². The maximum Gasteiger partial charge on any atom is 0.123 e. The van der Waals surface area contributed by atoms with E-state index in [1.807, 2.05) is 18.2 Å². The molecule has 0 aliphatic carbocycles. The SMILES string of the molecule is C[C@@H](O)c1cc(F)ccc1Sc1ccc2ccccc2c1. The van der Waals surface area contributed by atoms with Crippen molar-refractivity contribution in [3.63, 3.8) is 0 Å². The molecule has 0 spiro atoms. The molecule has 3 heteroatoms. The third kappa shape index (κ3) is 3.09. The summed E-state index contributed by atoms with van der Waals surface area (Å²) in [6.07, 6.45) is -0.691. The highest BCUT2D eigenvalue weighted by Crippen LogP contribution is 2.35. The van der Waals surface area contributed by atoms with Crippen molar-refractivity contribution >= 4 is 22.5 Å². The van der Waals surface area contributed by atoms with Crippen LogP contribution < -0.4 is 0 Å². The van der Waals surface area contributed by atoms with E-state index in [9.17, 15) is 9.50 Å². The van der Waals surface area contributed by atoms with Gasteiger partial charge >= 0.3 is 0 Å². The highest BCUT2D eigenvalue weighted by molar-refractivity contribution is 7.99. The summed E-state index contributed by atoms with van der Waals surface area (Å²) in [5, 5.41) is 12.2. The Bertz CT molecular complexity index is 783. The van der Waals surface area contributed by atoms with Crippen molar-refractivity contribution in [1.82, 2.24) is 0 Å². The standard InChI is InChI=1S/C18H15FOS/c1-12(20)17-11-15(19)7-9-18(17)21-16-8-6-13-4-2-3-5-14(13)10-16/h2-12,20H,1H3/t12-/m1/s1. The lowest BCUT2D eigenvalue weighted by Gasteiger charge is -2.12. The van der Waals surface area contributed by atoms with Gasteiger partial charge in [-0.25, -0.2) is 4.39 Å². The second-order valence-electron chi connectivity index (χ2n) is 4.97. The Morgan fingerprint density at radius 1 is 0.952 bits per heavy atom. The number of aliphatic hydroxyl groups is 1. The highest BCUT2D eigenvalue weighted by atomic mass is 32.2. The van der Waals surface area contributed by atoms with Crippen molar-refractivity contribution in [2.24, 2.45) is 0 Å². The molecule has 0 fully saturated rings. The normalized spacial score (nSPS) is 12.5. The Labute approximate surface area is 127 Å². The number of benzene rings is 3. The summed E-state index contributed by atoms with van der Waals surface area (Å²) in [5.74, 6) is -0.325. The molecule has 21 heavy (non-hydrogen) atoms. The molecule has 0 unspecified atom stereocenters. The molecule has 0 saturated carbocycles. The lowest BCUT2D eigenvalue weighted by Crippen LogP contribution is -1.95. The van der Waals surface area contributed by atoms with Crippen molar-refractivity contribution in [3.05, 3.63) is 72.0 Å². The van der Waals surface area contributed by atoms with Gasteiger partial charge in [-0.05, 0) is 53.6 Å². The average molecular weight is 298 g/mol. The molecule has 0 amide bonds. The van der Waals surface area contributed by atoms with E-state index in [2.05, 4.69) is 24.3 Å². The van der Waals surface area contributed by atoms with E-state index in [0.717, 1.165) is 9.79 Å². The van der Waals surface area contributed by atoms with Gasteiger partial charge < -0.3 is 5.11 Å². The average Bonchev–Trinajstić information content (AvgIpc) is 2.49. The first-order chi connectivity index (χ1) is 10.1. The molecular formula is C18H15FOS. The molecule has 1 atom stereocenters. The maximum atomic E-state index is 13.3. The molecule has 1 nitrogen and oxygen atoms in total. The highest BCUT2D eigenvalue weighted by Gasteiger charge is 2.11. The van der Waals surface area contributed by atoms with Gasteiger partial charge in [0.05, 0.1) is 6.10 Å². The monoisotopic (exact) mass is 298 g/mol. The summed E-state index contributed by atoms with van der Waals surface area (Å²) >= 11 is 1.54. The van der Waals surface area contributed by atoms with Crippen LogP contribution in [-0.2, 0) is 0 Å². The number of hydrogen-bond acceptors (Lipinski definition) is 2. The molecule has 0 aliphatic rings. The Morgan fingerprint density at radius 2 is 1.71 bits per heavy atom. The molecule has 0 aromatic heterocycles. The quantitative estimate of drug-likeness (QED) is 0.718. The summed E-state index contributed by atoms with van der Waals surface area (Å²) in [4.78, 5) is 1.95. The zero-order chi connectivity index (χ0) is 14.8. The molecule has 0 aliphatic heterocycles. The van der Waals surface area contributed by atoms with Gasteiger partial charge in [0.25, 0.3) is 0 Å². The Morgan fingerprint density at radius 3 is 2.48 bits per heavy atom. The molecule has 0 bridgehead atoms. The van der Waals surface area contributed by atoms with Crippen molar-refractivity contribution in [3.8, 4) is 0 Å². The second kappa shape index (κ2) is 5.88. The van der Waals surface area contributed by atoms with E-state index in [1.165, 1.54) is 34.7 Å². The van der Waals surface area contributed by atoms with Gasteiger partial charge in [0.1, 0.15) is 5.82 Å². The predicted molar refractivity (Wildman–Crippen MR) is 85.1 cm³/mol. The molecule has 106 valence electrons. The van der Waals surface area contributed by atoms with Crippen LogP contribution >= 0.6 is 11.8 Å². The van der Waals surface area contributed by atoms with Crippen LogP contribution in [0.2, 0.25) is 0 Å². The summed E-state index contributed by atoms with van der Waals surface area (Å²) < 4.78 is 13.3. The number of aliphatic hydroxyl groups excluding tert-OH is 1. The minimum atomic E-state index is -0.691. The number of rotatable bonds is 3. The smallest absolute Gasteiger partial charge is 0.123 e. The van der Waals surface area contributed by atoms with E-state index >= 15 is 0 Å². The summed E-state index contributed by atoms with van der Waals surface area (Å²) in [7, 11) is 0. The second-order valence-corrected chi connectivity index (χ2v) is 6.08. The summed E-state index contributed by atoms with van der Waals surface area (Å²) in [5.41, 5.74) is 0.619. The van der Waals surface area contributed by atoms with Crippen molar-refractivity contribution < 1.29 is 9.50 Å². The topological polar surface area (TPSA) is 20.2 Å². The Hall–Kier alpha value is -1.84. The third-order valence-corrected chi connectivity index (χ3v) is 4.45. The fourth-order valence-corrected chi connectivity index (χ4v) is 3.36. The first kappa shape index (κ1) is 14.1. The summed E-state index contributed by atoms with van der Waals surface area (Å²) in [6, 6.07) is 18.9. The van der Waals surface area contributed by atoms with Crippen molar-refractivity contribution in [2.75, 3.05) is 0 Å². The van der Waals surface area contributed by atoms with Gasteiger partial charge in [-0.2, -0.15) is 0 Å². The molecule has 3 aromatic carbocycles. The molecular weight excluding hydrogens is 283 g/mol. The van der Waals surface area contributed by atoms with Crippen LogP contribution in [0.3, 0.4) is 0 Å². The molecule has 0 heterocycles. The van der Waals surface area contributed by atoms with Gasteiger partial charge in [-0.1, -0.05) is 42.1 Å². The number of halogens is 1. The largest absolute Gasteiger partial charge is 0.389 e. The minimum Gasteiger partial charge on any atom is -0.389 e. The van der Waals surface area contributed by atoms with Crippen molar-refractivity contribution in [1.29, 1.82) is 0 Å². The van der Waals surface area contributed by atoms with Gasteiger partial charge in [0.2, 0.25) is 0 Å². The fourth-order valence-electron chi connectivity index (χ4n) is 2.30. The predicted octanol–water partition coefficient (Wildman–Crippen LogP) is 5.18. The van der Waals surface area contributed by atoms with Crippen LogP contribution in [0.4, 0.5) is 4.39 Å². The Balaban J connectivity index is 1.98. The van der Waals surface area contributed by atoms with Gasteiger partial charge in [0.15, 0.2) is 0 Å². The maximum absolute atomic E-state index is 13.3. The van der Waals surface area contributed by atoms with Gasteiger partial charge in [-0.3, -0.25) is 0 Å². The lowest BCUT2D eigenvalue weighted by atomic mass is 10.1. The van der Waals surface area contributed by atoms with E-state index in [0.29, 0.717) is 5.56 Å². The first-order valence-electron chi connectivity index (χ1n) is 6.77. The molecule has 3 aromatic rings. The van der Waals surface area contributed by atoms with Crippen molar-refractivity contribution in [2.45, 2.75) is 22.8 Å². The van der Waals surface area contributed by atoms with Crippen LogP contribution in [0.25, 0.3) is 10.8 Å². The third-order valence-electron chi connectivity index (χ3n) is 3.37. The zero-order valence-electron chi connectivity index (χ0n) is 11.6. The van der Waals surface area contributed by atoms with Crippen LogP contribution in [0, 0.1) is 5.82 Å². The van der Waals surface area contributed by atoms with Gasteiger partial charge in [0, 0.05) is 9.79 Å². The summed E-state index contributed by atoms with van der Waals surface area (Å²) in [6.45, 7) is 1.65. The zero-order valence-corrected chi connectivity index (χ0v) is 12.4. The first-order valence-corrected chi connectivity index (χ1v) is 7.59. The van der Waals surface area contributed by atoms with E-state index < -0.39 is 6.10 Å². The molecule has 0 saturated heterocycles. The lowest BCUT2D eigenvalue weighted by molar-refractivity contribution is 0.196. The minimum absolute atomic E-state index is 0.325. The van der Waals surface area contributed by atoms with E-state index in [4.69, 9.17) is 0 Å². The molecule has 1 N–H and O–H groups in total. The fraction of sp³-hybridized carbons (Fsp3) is 0.111. The molecule has 3 rings (SSSR count). The van der Waals surface area contributed by atoms with Crippen LogP contribution in [-0.4, -0.2) is 5.11 Å². The van der Waals surface area contributed by atoms with E-state index in [-0.39, 0.29) is 5.82 Å². The van der Waals surface area contributed by atoms with E-state index in [1.54, 1.807) is 13.0 Å². The molecule has 0 radical (unpaired) electrons. The number of fused-ring (bicyclic) bond motifs is 1. The Kier molecular flexibility index (Phi) is 3.95.